The van der Waals surface area contributed by atoms with Gasteiger partial charge in [0.2, 0.25) is 0 Å². The molecule has 1 unspecified atom stereocenters. The number of ether oxygens (including phenoxy) is 1. The summed E-state index contributed by atoms with van der Waals surface area (Å²) in [4.78, 5) is 10.8. The van der Waals surface area contributed by atoms with Gasteiger partial charge >= 0.3 is 5.97 Å². The Morgan fingerprint density at radius 2 is 2.00 bits per heavy atom. The van der Waals surface area contributed by atoms with E-state index in [1.165, 1.54) is 12.5 Å². The van der Waals surface area contributed by atoms with Gasteiger partial charge in [-0.3, -0.25) is 4.79 Å². The molecule has 0 saturated carbocycles. The molecule has 1 aromatic rings. The average Bonchev–Trinajstić information content (AvgIpc) is 2.30. The zero-order valence-electron chi connectivity index (χ0n) is 9.22. The van der Waals surface area contributed by atoms with E-state index in [0.29, 0.717) is 11.7 Å². The molecule has 0 bridgehead atoms. The first kappa shape index (κ1) is 10.7. The normalized spacial score (nSPS) is 18.4. The third kappa shape index (κ3) is 2.60. The number of benzene rings is 1. The number of hydrogen-bond donors (Lipinski definition) is 0. The highest BCUT2D eigenvalue weighted by Gasteiger charge is 2.08. The predicted octanol–water partition coefficient (Wildman–Crippen LogP) is 3.21. The number of carbonyl (C=O) groups is 1. The SMILES string of the molecule is CC(=O)Oc1ccc(C2C=CC=CC2)cc1. The number of allylic oxidation sites excluding steroid dienone is 4. The molecule has 0 aliphatic heterocycles. The van der Waals surface area contributed by atoms with Gasteiger partial charge in [-0.15, -0.1) is 0 Å². The summed E-state index contributed by atoms with van der Waals surface area (Å²) in [7, 11) is 0. The fraction of sp³-hybridized carbons (Fsp3) is 0.214. The summed E-state index contributed by atoms with van der Waals surface area (Å²) in [5.41, 5.74) is 1.25. The Hall–Kier alpha value is -1.83. The smallest absolute Gasteiger partial charge is 0.308 e. The molecule has 2 heteroatoms. The Morgan fingerprint density at radius 3 is 2.56 bits per heavy atom. The lowest BCUT2D eigenvalue weighted by atomic mass is 9.93. The minimum Gasteiger partial charge on any atom is -0.427 e. The van der Waals surface area contributed by atoms with Gasteiger partial charge in [0.25, 0.3) is 0 Å². The number of carbonyl (C=O) groups excluding carboxylic acids is 1. The first-order valence-electron chi connectivity index (χ1n) is 5.37. The second-order valence-corrected chi connectivity index (χ2v) is 3.82. The quantitative estimate of drug-likeness (QED) is 0.558. The van der Waals surface area contributed by atoms with E-state index >= 15 is 0 Å². The van der Waals surface area contributed by atoms with Gasteiger partial charge in [0.1, 0.15) is 5.75 Å². The van der Waals surface area contributed by atoms with Crippen LogP contribution in [-0.4, -0.2) is 5.97 Å². The van der Waals surface area contributed by atoms with Crippen LogP contribution in [0.1, 0.15) is 24.8 Å². The van der Waals surface area contributed by atoms with E-state index in [-0.39, 0.29) is 5.97 Å². The maximum Gasteiger partial charge on any atom is 0.308 e. The first-order valence-corrected chi connectivity index (χ1v) is 5.37. The third-order valence-corrected chi connectivity index (χ3v) is 2.55. The van der Waals surface area contributed by atoms with Gasteiger partial charge in [-0.25, -0.2) is 0 Å². The molecule has 16 heavy (non-hydrogen) atoms. The lowest BCUT2D eigenvalue weighted by Crippen LogP contribution is -2.02. The van der Waals surface area contributed by atoms with E-state index in [9.17, 15) is 4.79 Å². The van der Waals surface area contributed by atoms with E-state index in [0.717, 1.165) is 6.42 Å². The van der Waals surface area contributed by atoms with Crippen LogP contribution in [-0.2, 0) is 4.79 Å². The van der Waals surface area contributed by atoms with Crippen molar-refractivity contribution >= 4 is 5.97 Å². The van der Waals surface area contributed by atoms with Crippen molar-refractivity contribution in [3.05, 3.63) is 54.1 Å². The van der Waals surface area contributed by atoms with Crippen LogP contribution in [0.4, 0.5) is 0 Å². The molecule has 1 aliphatic rings. The Labute approximate surface area is 95.2 Å². The summed E-state index contributed by atoms with van der Waals surface area (Å²) < 4.78 is 4.99. The minimum atomic E-state index is -0.284. The summed E-state index contributed by atoms with van der Waals surface area (Å²) in [6, 6.07) is 7.69. The highest BCUT2D eigenvalue weighted by molar-refractivity contribution is 5.69. The molecule has 0 saturated heterocycles. The molecule has 2 nitrogen and oxygen atoms in total. The molecule has 0 N–H and O–H groups in total. The fourth-order valence-electron chi connectivity index (χ4n) is 1.78. The molecule has 1 aliphatic carbocycles. The van der Waals surface area contributed by atoms with Crippen LogP contribution in [0, 0.1) is 0 Å². The van der Waals surface area contributed by atoms with Gasteiger partial charge in [0.15, 0.2) is 0 Å². The van der Waals surface area contributed by atoms with Crippen LogP contribution in [0.2, 0.25) is 0 Å². The van der Waals surface area contributed by atoms with Crippen LogP contribution >= 0.6 is 0 Å². The van der Waals surface area contributed by atoms with Crippen LogP contribution in [0.3, 0.4) is 0 Å². The van der Waals surface area contributed by atoms with E-state index in [2.05, 4.69) is 24.3 Å². The van der Waals surface area contributed by atoms with Gasteiger partial charge in [0.05, 0.1) is 0 Å². The van der Waals surface area contributed by atoms with Gasteiger partial charge in [-0.05, 0) is 24.1 Å². The van der Waals surface area contributed by atoms with Crippen molar-refractivity contribution in [2.24, 2.45) is 0 Å². The van der Waals surface area contributed by atoms with Crippen molar-refractivity contribution in [2.45, 2.75) is 19.3 Å². The lowest BCUT2D eigenvalue weighted by Gasteiger charge is -2.13. The average molecular weight is 214 g/mol. The van der Waals surface area contributed by atoms with Crippen molar-refractivity contribution in [1.29, 1.82) is 0 Å². The first-order chi connectivity index (χ1) is 7.75. The molecule has 0 spiro atoms. The highest BCUT2D eigenvalue weighted by Crippen LogP contribution is 2.26. The van der Waals surface area contributed by atoms with Gasteiger partial charge in [0, 0.05) is 12.8 Å². The van der Waals surface area contributed by atoms with Crippen LogP contribution < -0.4 is 4.74 Å². The van der Waals surface area contributed by atoms with Crippen LogP contribution in [0.25, 0.3) is 0 Å². The number of esters is 1. The molecular weight excluding hydrogens is 200 g/mol. The Bertz CT molecular complexity index is 427. The largest absolute Gasteiger partial charge is 0.427 e. The topological polar surface area (TPSA) is 26.3 Å². The van der Waals surface area contributed by atoms with Crippen molar-refractivity contribution in [3.63, 3.8) is 0 Å². The van der Waals surface area contributed by atoms with E-state index in [1.54, 1.807) is 0 Å². The summed E-state index contributed by atoms with van der Waals surface area (Å²) in [6.45, 7) is 1.41. The molecule has 1 atom stereocenters. The molecule has 0 fully saturated rings. The second-order valence-electron chi connectivity index (χ2n) is 3.82. The summed E-state index contributed by atoms with van der Waals surface area (Å²) in [6.07, 6.45) is 9.49. The highest BCUT2D eigenvalue weighted by atomic mass is 16.5. The van der Waals surface area contributed by atoms with E-state index in [1.807, 2.05) is 24.3 Å². The maximum atomic E-state index is 10.8. The maximum absolute atomic E-state index is 10.8. The summed E-state index contributed by atoms with van der Waals surface area (Å²) >= 11 is 0. The van der Waals surface area contributed by atoms with Crippen molar-refractivity contribution in [3.8, 4) is 5.75 Å². The Balaban J connectivity index is 2.10. The molecular formula is C14H14O2. The summed E-state index contributed by atoms with van der Waals surface area (Å²) in [5, 5.41) is 0. The standard InChI is InChI=1S/C14H14O2/c1-11(15)16-14-9-7-13(8-10-14)12-5-3-2-4-6-12/h2-5,7-10,12H,6H2,1H3. The molecule has 82 valence electrons. The van der Waals surface area contributed by atoms with Crippen molar-refractivity contribution in [1.82, 2.24) is 0 Å². The molecule has 2 rings (SSSR count). The third-order valence-electron chi connectivity index (χ3n) is 2.55. The second kappa shape index (κ2) is 4.79. The van der Waals surface area contributed by atoms with Crippen molar-refractivity contribution < 1.29 is 9.53 Å². The van der Waals surface area contributed by atoms with E-state index in [4.69, 9.17) is 4.74 Å². The van der Waals surface area contributed by atoms with E-state index < -0.39 is 0 Å². The monoisotopic (exact) mass is 214 g/mol. The Kier molecular flexibility index (Phi) is 3.20. The zero-order valence-corrected chi connectivity index (χ0v) is 9.22. The predicted molar refractivity (Wildman–Crippen MR) is 63.4 cm³/mol. The lowest BCUT2D eigenvalue weighted by molar-refractivity contribution is -0.131. The summed E-state index contributed by atoms with van der Waals surface area (Å²) in [5.74, 6) is 0.760. The van der Waals surface area contributed by atoms with Gasteiger partial charge < -0.3 is 4.74 Å². The molecule has 0 radical (unpaired) electrons. The molecule has 0 heterocycles. The fourth-order valence-corrected chi connectivity index (χ4v) is 1.78. The molecule has 1 aromatic carbocycles. The van der Waals surface area contributed by atoms with Crippen molar-refractivity contribution in [2.75, 3.05) is 0 Å². The number of hydrogen-bond acceptors (Lipinski definition) is 2. The number of rotatable bonds is 2. The molecule has 0 aromatic heterocycles. The van der Waals surface area contributed by atoms with Crippen LogP contribution in [0.15, 0.2) is 48.6 Å². The molecule has 0 amide bonds. The van der Waals surface area contributed by atoms with Gasteiger partial charge in [-0.2, -0.15) is 0 Å². The minimum absolute atomic E-state index is 0.284. The van der Waals surface area contributed by atoms with Gasteiger partial charge in [-0.1, -0.05) is 36.4 Å². The van der Waals surface area contributed by atoms with Crippen LogP contribution in [0.5, 0.6) is 5.75 Å². The zero-order chi connectivity index (χ0) is 11.4. The Morgan fingerprint density at radius 1 is 1.25 bits per heavy atom.